The number of aliphatic hydroxyl groups is 3. The molecule has 37 heavy (non-hydrogen) atoms. The van der Waals surface area contributed by atoms with E-state index in [2.05, 4.69) is 38.7 Å². The molecule has 3 N–H and O–H groups in total. The number of fused-ring (bicyclic) bond motifs is 3. The van der Waals surface area contributed by atoms with Gasteiger partial charge in [0.15, 0.2) is 6.29 Å². The second kappa shape index (κ2) is 13.5. The summed E-state index contributed by atoms with van der Waals surface area (Å²) in [5, 5.41) is 32.3. The Labute approximate surface area is 221 Å². The van der Waals surface area contributed by atoms with E-state index in [1.165, 1.54) is 5.57 Å². The Hall–Kier alpha value is -1.58. The van der Waals surface area contributed by atoms with Gasteiger partial charge in [0.05, 0.1) is 49.3 Å². The summed E-state index contributed by atoms with van der Waals surface area (Å²) < 4.78 is 23.6. The summed E-state index contributed by atoms with van der Waals surface area (Å²) >= 11 is 0. The normalized spacial score (nSPS) is 41.8. The second-order valence-corrected chi connectivity index (χ2v) is 11.1. The van der Waals surface area contributed by atoms with Gasteiger partial charge in [-0.25, -0.2) is 0 Å². The molecule has 0 spiro atoms. The summed E-state index contributed by atoms with van der Waals surface area (Å²) in [6, 6.07) is 0. The Morgan fingerprint density at radius 2 is 1.84 bits per heavy atom. The highest BCUT2D eigenvalue weighted by Crippen LogP contribution is 2.35. The van der Waals surface area contributed by atoms with Crippen LogP contribution in [0.3, 0.4) is 0 Å². The number of hydrogen-bond donors (Lipinski definition) is 3. The van der Waals surface area contributed by atoms with Gasteiger partial charge in [-0.3, -0.25) is 0 Å². The van der Waals surface area contributed by atoms with Gasteiger partial charge in [-0.2, -0.15) is 0 Å². The van der Waals surface area contributed by atoms with Crippen molar-refractivity contribution in [1.29, 1.82) is 0 Å². The molecular weight excluding hydrogens is 472 g/mol. The minimum atomic E-state index is -1.19. The van der Waals surface area contributed by atoms with Crippen LogP contribution in [0.2, 0.25) is 0 Å². The van der Waals surface area contributed by atoms with Gasteiger partial charge in [0.2, 0.25) is 0 Å². The molecule has 7 heteroatoms. The van der Waals surface area contributed by atoms with Crippen molar-refractivity contribution >= 4 is 0 Å². The molecule has 4 aliphatic rings. The molecule has 0 aromatic heterocycles. The molecule has 0 aliphatic carbocycles. The van der Waals surface area contributed by atoms with E-state index >= 15 is 0 Å². The predicted octanol–water partition coefficient (Wildman–Crippen LogP) is 3.90. The molecule has 0 aromatic carbocycles. The topological polar surface area (TPSA) is 101 Å². The maximum Gasteiger partial charge on any atom is 0.174 e. The third-order valence-electron chi connectivity index (χ3n) is 7.54. The van der Waals surface area contributed by atoms with Gasteiger partial charge in [-0.15, -0.1) is 0 Å². The molecule has 4 rings (SSSR count). The highest BCUT2D eigenvalue weighted by molar-refractivity contribution is 5.10. The monoisotopic (exact) mass is 516 g/mol. The first-order chi connectivity index (χ1) is 17.8. The lowest BCUT2D eigenvalue weighted by Crippen LogP contribution is -2.34. The molecule has 10 atom stereocenters. The highest BCUT2D eigenvalue weighted by atomic mass is 16.6. The van der Waals surface area contributed by atoms with E-state index in [1.807, 2.05) is 12.2 Å². The minimum absolute atomic E-state index is 0.0451. The summed E-state index contributed by atoms with van der Waals surface area (Å²) in [6.07, 6.45) is 14.1. The third kappa shape index (κ3) is 8.99. The number of epoxide rings is 1. The SMILES string of the molecule is C=C1C[C@H](C)C[C@@H]2CC=C[C@@H](C/C=C\C(O)O[C@H]([C@@H](O)/C=C/[C@@H]3CC(C)=CCO3)C[C@@H]3O[C@H]3[C@@H](O)C1)O2. The van der Waals surface area contributed by atoms with Crippen LogP contribution in [0.15, 0.2) is 60.3 Å². The van der Waals surface area contributed by atoms with Crippen LogP contribution in [0.5, 0.6) is 0 Å². The quantitative estimate of drug-likeness (QED) is 0.386. The van der Waals surface area contributed by atoms with Crippen molar-refractivity contribution in [2.75, 3.05) is 6.61 Å². The third-order valence-corrected chi connectivity index (χ3v) is 7.54. The lowest BCUT2D eigenvalue weighted by Gasteiger charge is -2.28. The summed E-state index contributed by atoms with van der Waals surface area (Å²) in [4.78, 5) is 0. The summed E-state index contributed by atoms with van der Waals surface area (Å²) in [6.45, 7) is 9.03. The Bertz CT molecular complexity index is 877. The Balaban J connectivity index is 1.44. The molecule has 206 valence electrons. The van der Waals surface area contributed by atoms with Crippen LogP contribution in [0, 0.1) is 5.92 Å². The van der Waals surface area contributed by atoms with Crippen molar-refractivity contribution in [2.24, 2.45) is 5.92 Å². The van der Waals surface area contributed by atoms with Crippen LogP contribution < -0.4 is 0 Å². The van der Waals surface area contributed by atoms with Crippen molar-refractivity contribution in [3.8, 4) is 0 Å². The van der Waals surface area contributed by atoms with Gasteiger partial charge < -0.3 is 34.3 Å². The van der Waals surface area contributed by atoms with Crippen molar-refractivity contribution in [2.45, 2.75) is 114 Å². The van der Waals surface area contributed by atoms with E-state index < -0.39 is 24.6 Å². The first-order valence-electron chi connectivity index (χ1n) is 13.7. The van der Waals surface area contributed by atoms with Gasteiger partial charge >= 0.3 is 0 Å². The second-order valence-electron chi connectivity index (χ2n) is 11.1. The molecule has 0 saturated carbocycles. The summed E-state index contributed by atoms with van der Waals surface area (Å²) in [7, 11) is 0. The zero-order chi connectivity index (χ0) is 26.4. The van der Waals surface area contributed by atoms with E-state index in [4.69, 9.17) is 18.9 Å². The predicted molar refractivity (Wildman–Crippen MR) is 142 cm³/mol. The lowest BCUT2D eigenvalue weighted by molar-refractivity contribution is -0.135. The zero-order valence-electron chi connectivity index (χ0n) is 22.2. The maximum absolute atomic E-state index is 11.0. The minimum Gasteiger partial charge on any atom is -0.390 e. The molecule has 1 fully saturated rings. The van der Waals surface area contributed by atoms with Crippen LogP contribution in [-0.2, 0) is 18.9 Å². The van der Waals surface area contributed by atoms with E-state index in [-0.39, 0.29) is 30.5 Å². The molecular formula is C30H44O7. The van der Waals surface area contributed by atoms with Crippen molar-refractivity contribution < 1.29 is 34.3 Å². The van der Waals surface area contributed by atoms with E-state index in [1.54, 1.807) is 12.2 Å². The number of aliphatic hydroxyl groups excluding tert-OH is 3. The lowest BCUT2D eigenvalue weighted by atomic mass is 9.91. The van der Waals surface area contributed by atoms with Gasteiger partial charge in [-0.1, -0.05) is 61.1 Å². The summed E-state index contributed by atoms with van der Waals surface area (Å²) in [5.41, 5.74) is 2.26. The number of rotatable bonds is 3. The van der Waals surface area contributed by atoms with Gasteiger partial charge in [0.25, 0.3) is 0 Å². The average molecular weight is 517 g/mol. The van der Waals surface area contributed by atoms with Gasteiger partial charge in [0.1, 0.15) is 6.10 Å². The smallest absolute Gasteiger partial charge is 0.174 e. The maximum atomic E-state index is 11.0. The fraction of sp³-hybridized carbons (Fsp3) is 0.667. The molecule has 7 nitrogen and oxygen atoms in total. The van der Waals surface area contributed by atoms with Crippen molar-refractivity contribution in [3.63, 3.8) is 0 Å². The molecule has 4 heterocycles. The van der Waals surface area contributed by atoms with Crippen LogP contribution in [0.4, 0.5) is 0 Å². The van der Waals surface area contributed by atoms with Crippen molar-refractivity contribution in [3.05, 3.63) is 60.3 Å². The van der Waals surface area contributed by atoms with Crippen LogP contribution in [0.1, 0.15) is 58.8 Å². The molecule has 2 bridgehead atoms. The Kier molecular flexibility index (Phi) is 10.4. The number of ether oxygens (including phenoxy) is 4. The fourth-order valence-corrected chi connectivity index (χ4v) is 5.54. The molecule has 0 aromatic rings. The molecule has 0 radical (unpaired) electrons. The zero-order valence-corrected chi connectivity index (χ0v) is 22.2. The van der Waals surface area contributed by atoms with E-state index in [9.17, 15) is 15.3 Å². The standard InChI is InChI=1S/C30H44O7/c1-19-12-13-34-23(15-19)10-11-25(31)27-18-28-30(37-28)26(32)17-21(3)14-20(2)16-24-8-4-6-22(35-24)7-5-9-29(33)36-27/h4-6,9-12,20,22-33H,3,7-8,13-18H2,1-2H3/b9-5-,11-10+/t20-,22-,23+,24-,25-,26-,27-,28-,29?,30-/m0/s1. The van der Waals surface area contributed by atoms with Gasteiger partial charge in [0, 0.05) is 6.42 Å². The molecule has 4 aliphatic heterocycles. The van der Waals surface area contributed by atoms with Crippen LogP contribution in [-0.4, -0.2) is 77.0 Å². The van der Waals surface area contributed by atoms with Crippen LogP contribution >= 0.6 is 0 Å². The average Bonchev–Trinajstić information content (AvgIpc) is 3.61. The van der Waals surface area contributed by atoms with E-state index in [0.717, 1.165) is 31.3 Å². The first-order valence-corrected chi connectivity index (χ1v) is 13.7. The Morgan fingerprint density at radius 1 is 1.03 bits per heavy atom. The number of hydrogen-bond acceptors (Lipinski definition) is 7. The highest BCUT2D eigenvalue weighted by Gasteiger charge is 2.46. The molecule has 1 saturated heterocycles. The van der Waals surface area contributed by atoms with Crippen LogP contribution in [0.25, 0.3) is 0 Å². The van der Waals surface area contributed by atoms with Crippen molar-refractivity contribution in [1.82, 2.24) is 0 Å². The largest absolute Gasteiger partial charge is 0.390 e. The first kappa shape index (κ1) is 28.4. The molecule has 0 amide bonds. The fourth-order valence-electron chi connectivity index (χ4n) is 5.54. The van der Waals surface area contributed by atoms with Gasteiger partial charge in [-0.05, 0) is 57.4 Å². The summed E-state index contributed by atoms with van der Waals surface area (Å²) in [5.74, 6) is 0.399. The Morgan fingerprint density at radius 3 is 2.65 bits per heavy atom. The molecule has 1 unspecified atom stereocenters. The van der Waals surface area contributed by atoms with E-state index in [0.29, 0.717) is 31.8 Å².